The van der Waals surface area contributed by atoms with Crippen LogP contribution in [0.1, 0.15) is 19.0 Å². The normalized spacial score (nSPS) is 15.5. The van der Waals surface area contributed by atoms with E-state index in [1.807, 2.05) is 5.32 Å². The number of carboxylic acid groups (broad SMARTS) is 1. The summed E-state index contributed by atoms with van der Waals surface area (Å²) in [5.41, 5.74) is 11.5. The fourth-order valence-electron chi connectivity index (χ4n) is 2.52. The smallest absolute Gasteiger partial charge is 0.328 e. The van der Waals surface area contributed by atoms with Crippen LogP contribution < -0.4 is 27.4 Å². The molecule has 0 saturated carbocycles. The Morgan fingerprint density at radius 1 is 1.09 bits per heavy atom. The summed E-state index contributed by atoms with van der Waals surface area (Å²) in [5, 5.41) is 34.1. The molecule has 15 heteroatoms. The molecule has 1 aromatic heterocycles. The molecule has 11 N–H and O–H groups in total. The molecule has 0 aliphatic heterocycles. The quantitative estimate of drug-likeness (QED) is 0.136. The second-order valence-electron chi connectivity index (χ2n) is 6.93. The van der Waals surface area contributed by atoms with Crippen LogP contribution in [0.2, 0.25) is 0 Å². The molecule has 0 spiro atoms. The molecule has 5 atom stereocenters. The molecule has 1 aromatic rings. The van der Waals surface area contributed by atoms with Crippen molar-refractivity contribution >= 4 is 29.6 Å². The molecule has 0 aromatic carbocycles. The maximum Gasteiger partial charge on any atom is 0.328 e. The van der Waals surface area contributed by atoms with Gasteiger partial charge in [0, 0.05) is 18.3 Å². The lowest BCUT2D eigenvalue weighted by Gasteiger charge is -2.25. The second-order valence-corrected chi connectivity index (χ2v) is 6.93. The number of nitrogens with one attached hydrogen (secondary N) is 4. The zero-order valence-corrected chi connectivity index (χ0v) is 17.1. The van der Waals surface area contributed by atoms with E-state index in [-0.39, 0.29) is 6.42 Å². The Kier molecular flexibility index (Phi) is 10.2. The number of aliphatic carboxylic acids is 1. The van der Waals surface area contributed by atoms with E-state index in [9.17, 15) is 29.1 Å². The number of rotatable bonds is 13. The van der Waals surface area contributed by atoms with Crippen LogP contribution in [0.4, 0.5) is 0 Å². The highest BCUT2D eigenvalue weighted by atomic mass is 16.4. The molecule has 0 aliphatic carbocycles. The summed E-state index contributed by atoms with van der Waals surface area (Å²) >= 11 is 0. The molecule has 5 unspecified atom stereocenters. The van der Waals surface area contributed by atoms with Crippen molar-refractivity contribution in [3.8, 4) is 0 Å². The van der Waals surface area contributed by atoms with Gasteiger partial charge in [-0.25, -0.2) is 9.78 Å². The number of hydrogen-bond acceptors (Lipinski definition) is 9. The minimum absolute atomic E-state index is 0.0488. The number of H-pyrrole nitrogens is 1. The topological polar surface area (TPSA) is 263 Å². The van der Waals surface area contributed by atoms with Gasteiger partial charge in [-0.05, 0) is 6.92 Å². The van der Waals surface area contributed by atoms with E-state index in [4.69, 9.17) is 21.7 Å². The van der Waals surface area contributed by atoms with E-state index < -0.39 is 72.9 Å². The van der Waals surface area contributed by atoms with Crippen LogP contribution in [0, 0.1) is 0 Å². The predicted octanol–water partition coefficient (Wildman–Crippen LogP) is -4.93. The Labute approximate surface area is 181 Å². The van der Waals surface area contributed by atoms with Gasteiger partial charge in [0.05, 0.1) is 31.5 Å². The molecule has 32 heavy (non-hydrogen) atoms. The van der Waals surface area contributed by atoms with Gasteiger partial charge in [-0.1, -0.05) is 0 Å². The molecule has 15 nitrogen and oxygen atoms in total. The molecule has 0 radical (unpaired) electrons. The molecule has 0 fully saturated rings. The van der Waals surface area contributed by atoms with Crippen molar-refractivity contribution < 1.29 is 39.3 Å². The van der Waals surface area contributed by atoms with Crippen LogP contribution in [-0.2, 0) is 30.4 Å². The first-order valence-electron chi connectivity index (χ1n) is 9.40. The summed E-state index contributed by atoms with van der Waals surface area (Å²) in [6.45, 7) is 0.206. The lowest BCUT2D eigenvalue weighted by molar-refractivity contribution is -0.144. The first-order chi connectivity index (χ1) is 15.0. The Morgan fingerprint density at radius 3 is 2.19 bits per heavy atom. The standard InChI is InChI=1S/C17H27N7O8/c1-7(26)13(16(30)23-11(5-25)17(31)32)24-15(29)10(3-12(19)27)22-14(28)9(18)2-8-4-20-6-21-8/h4,6-7,9-11,13,25-26H,2-3,5,18H2,1H3,(H2,19,27)(H,20,21)(H,22,28)(H,23,30)(H,24,29)(H,31,32). The van der Waals surface area contributed by atoms with Crippen LogP contribution in [0.15, 0.2) is 12.5 Å². The number of nitrogens with zero attached hydrogens (tertiary/aromatic N) is 1. The molecular weight excluding hydrogens is 430 g/mol. The van der Waals surface area contributed by atoms with Gasteiger partial charge >= 0.3 is 5.97 Å². The summed E-state index contributed by atoms with van der Waals surface area (Å²) in [7, 11) is 0. The van der Waals surface area contributed by atoms with Gasteiger partial charge in [-0.3, -0.25) is 19.2 Å². The molecule has 1 heterocycles. The maximum absolute atomic E-state index is 12.6. The van der Waals surface area contributed by atoms with Crippen LogP contribution in [0.25, 0.3) is 0 Å². The number of aromatic nitrogens is 2. The molecular formula is C17H27N7O8. The lowest BCUT2D eigenvalue weighted by Crippen LogP contribution is -2.60. The van der Waals surface area contributed by atoms with E-state index in [0.29, 0.717) is 5.69 Å². The Balaban J connectivity index is 2.89. The number of nitrogens with two attached hydrogens (primary N) is 2. The monoisotopic (exact) mass is 457 g/mol. The first kappa shape index (κ1) is 26.5. The number of carbonyl (C=O) groups is 5. The van der Waals surface area contributed by atoms with Gasteiger partial charge in [0.2, 0.25) is 23.6 Å². The number of hydrogen-bond donors (Lipinski definition) is 9. The summed E-state index contributed by atoms with van der Waals surface area (Å²) in [4.78, 5) is 66.1. The number of amides is 4. The van der Waals surface area contributed by atoms with Crippen LogP contribution >= 0.6 is 0 Å². The largest absolute Gasteiger partial charge is 0.480 e. The SMILES string of the molecule is CC(O)C(NC(=O)C(CC(N)=O)NC(=O)C(N)Cc1cnc[nH]1)C(=O)NC(CO)C(=O)O. The van der Waals surface area contributed by atoms with E-state index >= 15 is 0 Å². The molecule has 178 valence electrons. The first-order valence-corrected chi connectivity index (χ1v) is 9.40. The van der Waals surface area contributed by atoms with Crippen LogP contribution in [-0.4, -0.2) is 91.8 Å². The van der Waals surface area contributed by atoms with Gasteiger partial charge in [0.1, 0.15) is 18.1 Å². The van der Waals surface area contributed by atoms with Crippen LogP contribution in [0.5, 0.6) is 0 Å². The predicted molar refractivity (Wildman–Crippen MR) is 106 cm³/mol. The molecule has 0 bridgehead atoms. The fraction of sp³-hybridized carbons (Fsp3) is 0.529. The summed E-state index contributed by atoms with van der Waals surface area (Å²) in [6.07, 6.45) is 0.739. The average molecular weight is 457 g/mol. The number of imidazole rings is 1. The van der Waals surface area contributed by atoms with Crippen molar-refractivity contribution in [2.75, 3.05) is 6.61 Å². The number of aliphatic hydroxyl groups is 2. The summed E-state index contributed by atoms with van der Waals surface area (Å²) < 4.78 is 0. The van der Waals surface area contributed by atoms with E-state index in [0.717, 1.165) is 6.92 Å². The fourth-order valence-corrected chi connectivity index (χ4v) is 2.52. The van der Waals surface area contributed by atoms with Crippen molar-refractivity contribution in [3.05, 3.63) is 18.2 Å². The second kappa shape index (κ2) is 12.3. The Morgan fingerprint density at radius 2 is 1.72 bits per heavy atom. The van der Waals surface area contributed by atoms with Gasteiger partial charge < -0.3 is 47.7 Å². The highest BCUT2D eigenvalue weighted by Gasteiger charge is 2.33. The number of aromatic amines is 1. The van der Waals surface area contributed by atoms with Crippen molar-refractivity contribution in [3.63, 3.8) is 0 Å². The van der Waals surface area contributed by atoms with E-state index in [1.54, 1.807) is 0 Å². The third kappa shape index (κ3) is 8.29. The highest BCUT2D eigenvalue weighted by molar-refractivity contribution is 5.96. The number of carbonyl (C=O) groups excluding carboxylic acids is 4. The van der Waals surface area contributed by atoms with Gasteiger partial charge in [-0.15, -0.1) is 0 Å². The highest BCUT2D eigenvalue weighted by Crippen LogP contribution is 2.02. The number of carboxylic acids is 1. The minimum Gasteiger partial charge on any atom is -0.480 e. The zero-order chi connectivity index (χ0) is 24.4. The molecule has 1 rings (SSSR count). The van der Waals surface area contributed by atoms with Crippen molar-refractivity contribution in [1.82, 2.24) is 25.9 Å². The Bertz CT molecular complexity index is 814. The van der Waals surface area contributed by atoms with Gasteiger partial charge in [-0.2, -0.15) is 0 Å². The Hall–Kier alpha value is -3.56. The minimum atomic E-state index is -1.68. The maximum atomic E-state index is 12.6. The van der Waals surface area contributed by atoms with Crippen LogP contribution in [0.3, 0.4) is 0 Å². The van der Waals surface area contributed by atoms with E-state index in [2.05, 4.69) is 20.6 Å². The van der Waals surface area contributed by atoms with Gasteiger partial charge in [0.25, 0.3) is 0 Å². The van der Waals surface area contributed by atoms with E-state index in [1.165, 1.54) is 12.5 Å². The number of primary amides is 1. The van der Waals surface area contributed by atoms with Crippen molar-refractivity contribution in [1.29, 1.82) is 0 Å². The zero-order valence-electron chi connectivity index (χ0n) is 17.1. The number of aliphatic hydroxyl groups excluding tert-OH is 2. The lowest BCUT2D eigenvalue weighted by atomic mass is 10.1. The van der Waals surface area contributed by atoms with Gasteiger partial charge in [0.15, 0.2) is 0 Å². The third-order valence-corrected chi connectivity index (χ3v) is 4.23. The molecule has 4 amide bonds. The molecule has 0 aliphatic rings. The van der Waals surface area contributed by atoms with Crippen molar-refractivity contribution in [2.24, 2.45) is 11.5 Å². The summed E-state index contributed by atoms with van der Waals surface area (Å²) in [6, 6.07) is -5.99. The summed E-state index contributed by atoms with van der Waals surface area (Å²) in [5.74, 6) is -5.46. The molecule has 0 saturated heterocycles. The van der Waals surface area contributed by atoms with Crippen molar-refractivity contribution in [2.45, 2.75) is 50.0 Å². The average Bonchev–Trinajstić information content (AvgIpc) is 3.21. The third-order valence-electron chi connectivity index (χ3n) is 4.23.